The van der Waals surface area contributed by atoms with E-state index in [2.05, 4.69) is 10.1 Å². The van der Waals surface area contributed by atoms with Crippen LogP contribution in [0.5, 0.6) is 0 Å². The standard InChI is InChI=1S/C15H13N3O/c16-9-11-3-5-12(6-4-11)14-8-15(19-18-14)13-2-1-7-17-10-13/h1-8,10H,9,16H2. The molecule has 0 spiro atoms. The van der Waals surface area contributed by atoms with Gasteiger partial charge in [-0.05, 0) is 17.7 Å². The Morgan fingerprint density at radius 3 is 2.58 bits per heavy atom. The SMILES string of the molecule is NCc1ccc(-c2cc(-c3cccnc3)on2)cc1. The normalized spacial score (nSPS) is 10.6. The van der Waals surface area contributed by atoms with E-state index in [-0.39, 0.29) is 0 Å². The van der Waals surface area contributed by atoms with Crippen molar-refractivity contribution in [1.82, 2.24) is 10.1 Å². The van der Waals surface area contributed by atoms with Crippen molar-refractivity contribution >= 4 is 0 Å². The van der Waals surface area contributed by atoms with Gasteiger partial charge >= 0.3 is 0 Å². The summed E-state index contributed by atoms with van der Waals surface area (Å²) in [6, 6.07) is 13.7. The summed E-state index contributed by atoms with van der Waals surface area (Å²) in [5.41, 5.74) is 9.41. The Balaban J connectivity index is 1.92. The van der Waals surface area contributed by atoms with Gasteiger partial charge in [-0.3, -0.25) is 4.98 Å². The highest BCUT2D eigenvalue weighted by molar-refractivity contribution is 5.66. The smallest absolute Gasteiger partial charge is 0.169 e. The lowest BCUT2D eigenvalue weighted by molar-refractivity contribution is 0.435. The largest absolute Gasteiger partial charge is 0.356 e. The van der Waals surface area contributed by atoms with Crippen LogP contribution in [-0.4, -0.2) is 10.1 Å². The van der Waals surface area contributed by atoms with Gasteiger partial charge < -0.3 is 10.3 Å². The van der Waals surface area contributed by atoms with Gasteiger partial charge in [-0.2, -0.15) is 0 Å². The van der Waals surface area contributed by atoms with Crippen LogP contribution in [0.2, 0.25) is 0 Å². The Labute approximate surface area is 110 Å². The van der Waals surface area contributed by atoms with Crippen LogP contribution in [0.3, 0.4) is 0 Å². The first kappa shape index (κ1) is 11.6. The molecule has 4 nitrogen and oxygen atoms in total. The lowest BCUT2D eigenvalue weighted by Crippen LogP contribution is -1.95. The van der Waals surface area contributed by atoms with Crippen LogP contribution in [0.4, 0.5) is 0 Å². The maximum absolute atomic E-state index is 5.58. The fraction of sp³-hybridized carbons (Fsp3) is 0.0667. The van der Waals surface area contributed by atoms with E-state index >= 15 is 0 Å². The molecule has 0 aliphatic carbocycles. The Hall–Kier alpha value is -2.46. The second kappa shape index (κ2) is 5.04. The van der Waals surface area contributed by atoms with Crippen LogP contribution in [0.15, 0.2) is 59.4 Å². The van der Waals surface area contributed by atoms with Crippen molar-refractivity contribution in [3.8, 4) is 22.6 Å². The summed E-state index contributed by atoms with van der Waals surface area (Å²) in [4.78, 5) is 4.06. The molecule has 0 atom stereocenters. The predicted octanol–water partition coefficient (Wildman–Crippen LogP) is 2.86. The van der Waals surface area contributed by atoms with Crippen molar-refractivity contribution in [3.05, 3.63) is 60.4 Å². The molecule has 0 aliphatic rings. The van der Waals surface area contributed by atoms with Gasteiger partial charge in [0.15, 0.2) is 5.76 Å². The summed E-state index contributed by atoms with van der Waals surface area (Å²) < 4.78 is 5.35. The second-order valence-electron chi connectivity index (χ2n) is 4.22. The van der Waals surface area contributed by atoms with E-state index in [1.165, 1.54) is 0 Å². The zero-order valence-electron chi connectivity index (χ0n) is 10.3. The molecule has 0 radical (unpaired) electrons. The van der Waals surface area contributed by atoms with Crippen molar-refractivity contribution in [1.29, 1.82) is 0 Å². The van der Waals surface area contributed by atoms with Crippen molar-refractivity contribution in [2.45, 2.75) is 6.54 Å². The quantitative estimate of drug-likeness (QED) is 0.777. The zero-order valence-corrected chi connectivity index (χ0v) is 10.3. The van der Waals surface area contributed by atoms with Crippen molar-refractivity contribution in [2.24, 2.45) is 5.73 Å². The summed E-state index contributed by atoms with van der Waals surface area (Å²) in [7, 11) is 0. The van der Waals surface area contributed by atoms with Crippen molar-refractivity contribution < 1.29 is 4.52 Å². The Morgan fingerprint density at radius 2 is 1.89 bits per heavy atom. The summed E-state index contributed by atoms with van der Waals surface area (Å²) in [6.45, 7) is 0.542. The van der Waals surface area contributed by atoms with Crippen LogP contribution >= 0.6 is 0 Å². The molecule has 0 fully saturated rings. The Bertz CT molecular complexity index is 659. The number of aromatic nitrogens is 2. The summed E-state index contributed by atoms with van der Waals surface area (Å²) in [5, 5.41) is 4.08. The van der Waals surface area contributed by atoms with Gasteiger partial charge in [0, 0.05) is 36.1 Å². The van der Waals surface area contributed by atoms with Crippen LogP contribution in [0, 0.1) is 0 Å². The average Bonchev–Trinajstić information content (AvgIpc) is 2.98. The monoisotopic (exact) mass is 251 g/mol. The number of nitrogens with zero attached hydrogens (tertiary/aromatic N) is 2. The van der Waals surface area contributed by atoms with E-state index in [4.69, 9.17) is 10.3 Å². The molecular weight excluding hydrogens is 238 g/mol. The molecule has 0 saturated carbocycles. The first-order chi connectivity index (χ1) is 9.36. The minimum absolute atomic E-state index is 0.542. The average molecular weight is 251 g/mol. The second-order valence-corrected chi connectivity index (χ2v) is 4.22. The molecule has 2 aromatic heterocycles. The van der Waals surface area contributed by atoms with Crippen LogP contribution < -0.4 is 5.73 Å². The molecule has 0 amide bonds. The molecule has 0 bridgehead atoms. The number of hydrogen-bond acceptors (Lipinski definition) is 4. The lowest BCUT2D eigenvalue weighted by atomic mass is 10.1. The van der Waals surface area contributed by atoms with Gasteiger partial charge in [0.1, 0.15) is 5.69 Å². The number of hydrogen-bond donors (Lipinski definition) is 1. The van der Waals surface area contributed by atoms with E-state index in [0.29, 0.717) is 12.3 Å². The molecule has 1 aromatic carbocycles. The summed E-state index contributed by atoms with van der Waals surface area (Å²) in [5.74, 6) is 0.714. The molecule has 3 rings (SSSR count). The predicted molar refractivity (Wildman–Crippen MR) is 73.1 cm³/mol. The molecule has 2 N–H and O–H groups in total. The van der Waals surface area contributed by atoms with Crippen molar-refractivity contribution in [2.75, 3.05) is 0 Å². The van der Waals surface area contributed by atoms with E-state index in [0.717, 1.165) is 22.4 Å². The summed E-state index contributed by atoms with van der Waals surface area (Å²) in [6.07, 6.45) is 3.48. The van der Waals surface area contributed by atoms with E-state index in [9.17, 15) is 0 Å². The van der Waals surface area contributed by atoms with E-state index in [1.807, 2.05) is 42.5 Å². The maximum Gasteiger partial charge on any atom is 0.169 e. The van der Waals surface area contributed by atoms with Gasteiger partial charge in [0.2, 0.25) is 0 Å². The fourth-order valence-electron chi connectivity index (χ4n) is 1.87. The molecule has 0 aliphatic heterocycles. The Kier molecular flexibility index (Phi) is 3.08. The number of rotatable bonds is 3. The minimum atomic E-state index is 0.542. The fourth-order valence-corrected chi connectivity index (χ4v) is 1.87. The lowest BCUT2D eigenvalue weighted by Gasteiger charge is -1.97. The topological polar surface area (TPSA) is 64.9 Å². The van der Waals surface area contributed by atoms with Gasteiger partial charge in [0.05, 0.1) is 0 Å². The van der Waals surface area contributed by atoms with Gasteiger partial charge in [-0.15, -0.1) is 0 Å². The Morgan fingerprint density at radius 1 is 1.05 bits per heavy atom. The molecule has 19 heavy (non-hydrogen) atoms. The van der Waals surface area contributed by atoms with Crippen LogP contribution in [-0.2, 0) is 6.54 Å². The molecule has 0 saturated heterocycles. The van der Waals surface area contributed by atoms with Gasteiger partial charge in [0.25, 0.3) is 0 Å². The van der Waals surface area contributed by atoms with Crippen LogP contribution in [0.1, 0.15) is 5.56 Å². The molecular formula is C15H13N3O. The molecule has 3 aromatic rings. The number of benzene rings is 1. The van der Waals surface area contributed by atoms with Crippen LogP contribution in [0.25, 0.3) is 22.6 Å². The molecule has 0 unspecified atom stereocenters. The van der Waals surface area contributed by atoms with E-state index < -0.39 is 0 Å². The molecule has 94 valence electrons. The molecule has 2 heterocycles. The maximum atomic E-state index is 5.58. The number of pyridine rings is 1. The van der Waals surface area contributed by atoms with Gasteiger partial charge in [-0.25, -0.2) is 0 Å². The highest BCUT2D eigenvalue weighted by atomic mass is 16.5. The third-order valence-electron chi connectivity index (χ3n) is 2.94. The molecule has 4 heteroatoms. The highest BCUT2D eigenvalue weighted by Gasteiger charge is 2.08. The summed E-state index contributed by atoms with van der Waals surface area (Å²) >= 11 is 0. The first-order valence-corrected chi connectivity index (χ1v) is 6.03. The van der Waals surface area contributed by atoms with Crippen molar-refractivity contribution in [3.63, 3.8) is 0 Å². The third-order valence-corrected chi connectivity index (χ3v) is 2.94. The number of nitrogens with two attached hydrogens (primary N) is 1. The minimum Gasteiger partial charge on any atom is -0.356 e. The van der Waals surface area contributed by atoms with Gasteiger partial charge in [-0.1, -0.05) is 29.4 Å². The highest BCUT2D eigenvalue weighted by Crippen LogP contribution is 2.25. The van der Waals surface area contributed by atoms with E-state index in [1.54, 1.807) is 12.4 Å². The zero-order chi connectivity index (χ0) is 13.1. The third kappa shape index (κ3) is 2.39. The first-order valence-electron chi connectivity index (χ1n) is 6.03.